The van der Waals surface area contributed by atoms with Crippen molar-refractivity contribution >= 4 is 17.7 Å². The standard InChI is InChI=1S/C82H149N3O33/c1-5-7-9-11-13-15-17-19-20-21-22-23-24-25-26-28-30-32-34-36-38-40-58(95)85-50(51(94)39-37-35-33-31-29-27-18-16-14-12-10-8-6-2)47-107-79-69(104)67(102)74(57(46-91)113-79)116-82-71(106)76(63(98)54(43-88)110-82)118-78-60(84-49(4)93)65(100)73(56(45-90)112-78)115-81-70(105)75(62(97)53(42-87)109-81)117-77-59(83-48(3)92)64(99)72(55(44-89)111-77)114-80-68(103)66(101)61(96)52(41-86)108-80/h37,39,50-57,59-82,86-91,94,96-106H,5-36,38,40-47H2,1-4H3,(H,83,92)(H,84,93)(H,85,95)/b39-37+/t50-,51+,52?,53?,54?,55?,56?,57?,59?,60?,61-,62-,63-,64+,65+,66-,67+,68?,69?,70?,71?,72+,73+,74+,75-,76-,77-,78-,79+,80-,81-,82-/m0/s1. The van der Waals surface area contributed by atoms with E-state index in [1.54, 1.807) is 6.08 Å². The molecule has 36 nitrogen and oxygen atoms in total. The highest BCUT2D eigenvalue weighted by Gasteiger charge is 2.59. The Bertz CT molecular complexity index is 2710. The number of allylic oxidation sites excluding steroid dienone is 1. The van der Waals surface area contributed by atoms with Crippen LogP contribution >= 0.6 is 0 Å². The summed E-state index contributed by atoms with van der Waals surface area (Å²) in [4.78, 5) is 39.2. The second-order valence-corrected chi connectivity index (χ2v) is 32.8. The number of ether oxygens (including phenoxy) is 12. The third-order valence-corrected chi connectivity index (χ3v) is 23.2. The van der Waals surface area contributed by atoms with Crippen LogP contribution in [-0.4, -0.2) is 352 Å². The lowest BCUT2D eigenvalue weighted by atomic mass is 9.93. The van der Waals surface area contributed by atoms with E-state index >= 15 is 0 Å². The van der Waals surface area contributed by atoms with Crippen molar-refractivity contribution in [3.8, 4) is 0 Å². The molecule has 118 heavy (non-hydrogen) atoms. The van der Waals surface area contributed by atoms with Crippen molar-refractivity contribution in [1.29, 1.82) is 0 Å². The van der Waals surface area contributed by atoms with Crippen LogP contribution in [0.15, 0.2) is 12.2 Å². The topological polar surface area (TPSA) is 562 Å². The van der Waals surface area contributed by atoms with Crippen molar-refractivity contribution in [3.63, 3.8) is 0 Å². The van der Waals surface area contributed by atoms with E-state index in [2.05, 4.69) is 29.8 Å². The van der Waals surface area contributed by atoms with Gasteiger partial charge < -0.3 is 165 Å². The van der Waals surface area contributed by atoms with E-state index in [9.17, 15) is 106 Å². The monoisotopic (exact) mass is 1700 g/mol. The Morgan fingerprint density at radius 1 is 0.331 bits per heavy atom. The number of aliphatic hydroxyl groups is 18. The maximum Gasteiger partial charge on any atom is 0.220 e. The van der Waals surface area contributed by atoms with Crippen LogP contribution in [0.25, 0.3) is 0 Å². The van der Waals surface area contributed by atoms with Crippen LogP contribution in [0.3, 0.4) is 0 Å². The van der Waals surface area contributed by atoms with Crippen molar-refractivity contribution in [2.24, 2.45) is 0 Å². The van der Waals surface area contributed by atoms with Gasteiger partial charge in [-0.1, -0.05) is 219 Å². The van der Waals surface area contributed by atoms with Crippen LogP contribution in [0.4, 0.5) is 0 Å². The van der Waals surface area contributed by atoms with Crippen LogP contribution < -0.4 is 16.0 Å². The summed E-state index contributed by atoms with van der Waals surface area (Å²) in [6.07, 6.45) is -12.1. The molecule has 6 rings (SSSR count). The number of amides is 3. The van der Waals surface area contributed by atoms with Gasteiger partial charge in [0.25, 0.3) is 0 Å². The first-order chi connectivity index (χ1) is 56.8. The number of rotatable bonds is 58. The molecule has 21 N–H and O–H groups in total. The maximum absolute atomic E-state index is 13.6. The molecular weight excluding hydrogens is 1550 g/mol. The Morgan fingerprint density at radius 3 is 0.983 bits per heavy atom. The highest BCUT2D eigenvalue weighted by molar-refractivity contribution is 5.76. The van der Waals surface area contributed by atoms with E-state index in [1.807, 2.05) is 6.08 Å². The first-order valence-electron chi connectivity index (χ1n) is 44.0. The van der Waals surface area contributed by atoms with Gasteiger partial charge in [-0.25, -0.2) is 0 Å². The van der Waals surface area contributed by atoms with Crippen molar-refractivity contribution in [3.05, 3.63) is 12.2 Å². The van der Waals surface area contributed by atoms with Gasteiger partial charge in [-0.05, 0) is 19.3 Å². The van der Waals surface area contributed by atoms with Gasteiger partial charge in [0.2, 0.25) is 17.7 Å². The van der Waals surface area contributed by atoms with Crippen LogP contribution in [0.5, 0.6) is 0 Å². The van der Waals surface area contributed by atoms with E-state index in [0.29, 0.717) is 12.8 Å². The molecule has 0 aromatic heterocycles. The molecule has 6 aliphatic heterocycles. The van der Waals surface area contributed by atoms with Crippen molar-refractivity contribution < 1.29 is 163 Å². The Morgan fingerprint density at radius 2 is 0.627 bits per heavy atom. The fourth-order valence-electron chi connectivity index (χ4n) is 16.2. The van der Waals surface area contributed by atoms with E-state index in [4.69, 9.17) is 56.8 Å². The Labute approximate surface area is 694 Å². The zero-order valence-electron chi connectivity index (χ0n) is 69.8. The van der Waals surface area contributed by atoms with E-state index in [0.717, 1.165) is 65.2 Å². The summed E-state index contributed by atoms with van der Waals surface area (Å²) in [5.74, 6) is -2.04. The second-order valence-electron chi connectivity index (χ2n) is 32.8. The lowest BCUT2D eigenvalue weighted by Gasteiger charge is -2.51. The zero-order chi connectivity index (χ0) is 86.2. The fraction of sp³-hybridized carbons (Fsp3) is 0.939. The molecule has 12 unspecified atom stereocenters. The zero-order valence-corrected chi connectivity index (χ0v) is 69.8. The molecule has 0 saturated carbocycles. The van der Waals surface area contributed by atoms with E-state index < -0.39 is 254 Å². The average Bonchev–Trinajstić information content (AvgIpc) is 0.770. The molecule has 0 radical (unpaired) electrons. The van der Waals surface area contributed by atoms with Crippen molar-refractivity contribution in [1.82, 2.24) is 16.0 Å². The molecule has 6 aliphatic rings. The average molecular weight is 1710 g/mol. The third kappa shape index (κ3) is 32.7. The lowest BCUT2D eigenvalue weighted by Crippen LogP contribution is -2.70. The summed E-state index contributed by atoms with van der Waals surface area (Å²) >= 11 is 0. The first-order valence-corrected chi connectivity index (χ1v) is 44.0. The predicted octanol–water partition coefficient (Wildman–Crippen LogP) is -0.0834. The third-order valence-electron chi connectivity index (χ3n) is 23.2. The van der Waals surface area contributed by atoms with Gasteiger partial charge in [-0.3, -0.25) is 14.4 Å². The quantitative estimate of drug-likeness (QED) is 0.0280. The molecule has 6 saturated heterocycles. The Balaban J connectivity index is 1.06. The summed E-state index contributed by atoms with van der Waals surface area (Å²) in [6, 6.07) is -4.66. The molecule has 32 atom stereocenters. The van der Waals surface area contributed by atoms with Crippen LogP contribution in [0.2, 0.25) is 0 Å². The molecule has 0 aromatic rings. The van der Waals surface area contributed by atoms with Gasteiger partial charge in [0.05, 0.1) is 58.4 Å². The minimum atomic E-state index is -2.24. The van der Waals surface area contributed by atoms with Crippen LogP contribution in [0.1, 0.15) is 246 Å². The minimum Gasteiger partial charge on any atom is -0.394 e. The SMILES string of the molecule is CCCCCCCCCCCCC/C=C/[C@@H](O)[C@H](CO[C@@H]1OC(CO)[C@@H](O[C@@H]2OC(CO)[C@H](O)[C@H](O[C@@H]3OC(CO)[C@@H](O[C@@H]4OC(CO)[C@H](O)[C@H](O[C@@H]5OC(CO)[C@@H](O[C@@H]6OC(CO)[C@H](O)[C@H](O)C6O)[C@H](O)C5NC(C)=O)C4O)[C@H](O)C3NC(C)=O)C2O)[C@H](O)C1O)NC(=O)CCCCCCCCCCCCCCCCCCCCCCC. The summed E-state index contributed by atoms with van der Waals surface area (Å²) in [7, 11) is 0. The van der Waals surface area contributed by atoms with Crippen LogP contribution in [-0.2, 0) is 71.2 Å². The molecule has 36 heteroatoms. The summed E-state index contributed by atoms with van der Waals surface area (Å²) in [5.41, 5.74) is 0. The molecule has 3 amide bonds. The molecule has 6 heterocycles. The van der Waals surface area contributed by atoms with Gasteiger partial charge in [-0.2, -0.15) is 0 Å². The molecule has 0 aliphatic carbocycles. The molecule has 0 spiro atoms. The van der Waals surface area contributed by atoms with Gasteiger partial charge in [-0.15, -0.1) is 0 Å². The number of nitrogens with one attached hydrogen (secondary N) is 3. The number of hydrogen-bond donors (Lipinski definition) is 21. The van der Waals surface area contributed by atoms with Crippen molar-refractivity contribution in [2.75, 3.05) is 46.2 Å². The van der Waals surface area contributed by atoms with Gasteiger partial charge in [0.15, 0.2) is 37.7 Å². The number of carbonyl (C=O) groups is 3. The van der Waals surface area contributed by atoms with E-state index in [1.165, 1.54) is 148 Å². The van der Waals surface area contributed by atoms with Crippen LogP contribution in [0, 0.1) is 0 Å². The summed E-state index contributed by atoms with van der Waals surface area (Å²) in [6.45, 7) is 0.115. The largest absolute Gasteiger partial charge is 0.394 e. The molecule has 0 aromatic carbocycles. The molecular formula is C82H149N3O33. The summed E-state index contributed by atoms with van der Waals surface area (Å²) in [5, 5.41) is 208. The minimum absolute atomic E-state index is 0.177. The fourth-order valence-corrected chi connectivity index (χ4v) is 16.2. The van der Waals surface area contributed by atoms with Gasteiger partial charge in [0, 0.05) is 20.3 Å². The van der Waals surface area contributed by atoms with Crippen molar-refractivity contribution in [2.45, 2.75) is 442 Å². The predicted molar refractivity (Wildman–Crippen MR) is 421 cm³/mol. The molecule has 0 bridgehead atoms. The van der Waals surface area contributed by atoms with Gasteiger partial charge in [0.1, 0.15) is 146 Å². The Hall–Kier alpha value is -3.05. The smallest absolute Gasteiger partial charge is 0.220 e. The Kier molecular flexibility index (Phi) is 50.0. The number of unbranched alkanes of at least 4 members (excludes halogenated alkanes) is 31. The summed E-state index contributed by atoms with van der Waals surface area (Å²) < 4.78 is 70.9. The first kappa shape index (κ1) is 104. The number of aliphatic hydroxyl groups excluding tert-OH is 18. The maximum atomic E-state index is 13.6. The van der Waals surface area contributed by atoms with Gasteiger partial charge >= 0.3 is 0 Å². The highest BCUT2D eigenvalue weighted by Crippen LogP contribution is 2.38. The lowest BCUT2D eigenvalue weighted by molar-refractivity contribution is -0.387. The molecule has 6 fully saturated rings. The second kappa shape index (κ2) is 56.8. The normalized spacial score (nSPS) is 35.9. The number of hydrogen-bond acceptors (Lipinski definition) is 33. The number of carbonyl (C=O) groups excluding carboxylic acids is 3. The molecule has 690 valence electrons. The van der Waals surface area contributed by atoms with E-state index in [-0.39, 0.29) is 12.3 Å². The highest BCUT2D eigenvalue weighted by atomic mass is 16.8.